The van der Waals surface area contributed by atoms with E-state index < -0.39 is 0 Å². The summed E-state index contributed by atoms with van der Waals surface area (Å²) in [4.78, 5) is 10.5. The zero-order valence-corrected chi connectivity index (χ0v) is 7.51. The lowest BCUT2D eigenvalue weighted by atomic mass is 10.2. The summed E-state index contributed by atoms with van der Waals surface area (Å²) in [5.41, 5.74) is 1.37. The van der Waals surface area contributed by atoms with Crippen molar-refractivity contribution in [1.29, 1.82) is 0 Å². The number of nitrogens with zero attached hydrogens (tertiary/aromatic N) is 2. The Bertz CT molecular complexity index is 328. The minimum absolute atomic E-state index is 0.362. The minimum Gasteiger partial charge on any atom is -0.296 e. The van der Waals surface area contributed by atoms with Crippen LogP contribution in [-0.4, -0.2) is 16.1 Å². The molecule has 1 heterocycles. The molecule has 0 bridgehead atoms. The van der Waals surface area contributed by atoms with Crippen molar-refractivity contribution in [3.63, 3.8) is 0 Å². The van der Waals surface area contributed by atoms with Crippen molar-refractivity contribution in [3.8, 4) is 0 Å². The maximum Gasteiger partial charge on any atom is 0.171 e. The normalized spacial score (nSPS) is 16.5. The summed E-state index contributed by atoms with van der Waals surface area (Å²) in [7, 11) is 1.83. The molecule has 1 aromatic rings. The van der Waals surface area contributed by atoms with Crippen LogP contribution in [0.4, 0.5) is 0 Å². The molecule has 2 rings (SSSR count). The van der Waals surface area contributed by atoms with Gasteiger partial charge in [0.15, 0.2) is 6.29 Å². The largest absolute Gasteiger partial charge is 0.296 e. The van der Waals surface area contributed by atoms with Crippen LogP contribution in [0.5, 0.6) is 0 Å². The number of aldehydes is 1. The van der Waals surface area contributed by atoms with Crippen LogP contribution in [0.2, 0.25) is 5.02 Å². The number of aryl methyl sites for hydroxylation is 1. The van der Waals surface area contributed by atoms with Crippen molar-refractivity contribution in [2.45, 2.75) is 18.8 Å². The summed E-state index contributed by atoms with van der Waals surface area (Å²) in [5.74, 6) is 0.531. The van der Waals surface area contributed by atoms with Crippen LogP contribution >= 0.6 is 11.6 Å². The first-order valence-corrected chi connectivity index (χ1v) is 4.29. The number of hydrogen-bond donors (Lipinski definition) is 0. The molecule has 0 radical (unpaired) electrons. The highest BCUT2D eigenvalue weighted by atomic mass is 35.5. The monoisotopic (exact) mass is 184 g/mol. The van der Waals surface area contributed by atoms with Gasteiger partial charge in [-0.05, 0) is 12.8 Å². The van der Waals surface area contributed by atoms with Gasteiger partial charge in [-0.3, -0.25) is 9.48 Å². The Morgan fingerprint density at radius 2 is 2.33 bits per heavy atom. The molecule has 12 heavy (non-hydrogen) atoms. The molecule has 4 heteroatoms. The van der Waals surface area contributed by atoms with E-state index in [-0.39, 0.29) is 0 Å². The van der Waals surface area contributed by atoms with E-state index in [9.17, 15) is 4.79 Å². The fraction of sp³-hybridized carbons (Fsp3) is 0.500. The molecule has 3 nitrogen and oxygen atoms in total. The van der Waals surface area contributed by atoms with E-state index in [1.54, 1.807) is 4.68 Å². The number of halogens is 1. The molecule has 0 saturated heterocycles. The van der Waals surface area contributed by atoms with Crippen molar-refractivity contribution >= 4 is 17.9 Å². The van der Waals surface area contributed by atoms with E-state index >= 15 is 0 Å². The van der Waals surface area contributed by atoms with Gasteiger partial charge in [0.25, 0.3) is 0 Å². The van der Waals surface area contributed by atoms with E-state index in [0.29, 0.717) is 22.9 Å². The predicted molar refractivity (Wildman–Crippen MR) is 45.6 cm³/mol. The fourth-order valence-corrected chi connectivity index (χ4v) is 1.77. The molecule has 0 N–H and O–H groups in total. The van der Waals surface area contributed by atoms with E-state index in [1.165, 1.54) is 0 Å². The molecule has 0 amide bonds. The molecule has 1 saturated carbocycles. The topological polar surface area (TPSA) is 34.9 Å². The molecule has 0 unspecified atom stereocenters. The number of aromatic nitrogens is 2. The molecule has 1 aliphatic carbocycles. The Labute approximate surface area is 75.3 Å². The maximum atomic E-state index is 10.5. The molecule has 0 spiro atoms. The summed E-state index contributed by atoms with van der Waals surface area (Å²) >= 11 is 5.95. The highest BCUT2D eigenvalue weighted by Crippen LogP contribution is 2.43. The van der Waals surface area contributed by atoms with E-state index in [4.69, 9.17) is 11.6 Å². The van der Waals surface area contributed by atoms with Crippen molar-refractivity contribution in [2.24, 2.45) is 7.05 Å². The summed E-state index contributed by atoms with van der Waals surface area (Å²) in [6.07, 6.45) is 3.03. The van der Waals surface area contributed by atoms with Gasteiger partial charge in [0.2, 0.25) is 0 Å². The van der Waals surface area contributed by atoms with Gasteiger partial charge in [0, 0.05) is 13.0 Å². The van der Waals surface area contributed by atoms with Gasteiger partial charge in [-0.15, -0.1) is 0 Å². The van der Waals surface area contributed by atoms with E-state index in [1.807, 2.05) is 7.05 Å². The Morgan fingerprint density at radius 3 is 2.75 bits per heavy atom. The maximum absolute atomic E-state index is 10.5. The second kappa shape index (κ2) is 2.59. The standard InChI is InChI=1S/C8H9ClN2O/c1-11-8(5-2-3-5)7(9)6(4-12)10-11/h4-5H,2-3H2,1H3. The smallest absolute Gasteiger partial charge is 0.171 e. The third-order valence-electron chi connectivity index (χ3n) is 2.13. The van der Waals surface area contributed by atoms with Crippen LogP contribution in [0, 0.1) is 0 Å². The van der Waals surface area contributed by atoms with Gasteiger partial charge >= 0.3 is 0 Å². The molecule has 1 aliphatic rings. The molecule has 1 aromatic heterocycles. The van der Waals surface area contributed by atoms with Crippen LogP contribution < -0.4 is 0 Å². The van der Waals surface area contributed by atoms with Gasteiger partial charge in [0.05, 0.1) is 10.7 Å². The predicted octanol–water partition coefficient (Wildman–Crippen LogP) is 1.76. The van der Waals surface area contributed by atoms with Gasteiger partial charge in [-0.2, -0.15) is 5.10 Å². The van der Waals surface area contributed by atoms with Crippen LogP contribution in [0.3, 0.4) is 0 Å². The zero-order valence-electron chi connectivity index (χ0n) is 6.75. The molecule has 0 aliphatic heterocycles. The second-order valence-electron chi connectivity index (χ2n) is 3.10. The molecule has 64 valence electrons. The van der Waals surface area contributed by atoms with Crippen LogP contribution in [0.15, 0.2) is 0 Å². The highest BCUT2D eigenvalue weighted by Gasteiger charge is 2.30. The van der Waals surface area contributed by atoms with Crippen molar-refractivity contribution < 1.29 is 4.79 Å². The first-order valence-electron chi connectivity index (χ1n) is 3.91. The molecular formula is C8H9ClN2O. The van der Waals surface area contributed by atoms with Crippen LogP contribution in [0.25, 0.3) is 0 Å². The lowest BCUT2D eigenvalue weighted by molar-refractivity contribution is 0.111. The summed E-state index contributed by atoms with van der Waals surface area (Å²) in [6, 6.07) is 0. The van der Waals surface area contributed by atoms with E-state index in [2.05, 4.69) is 5.10 Å². The van der Waals surface area contributed by atoms with Gasteiger partial charge < -0.3 is 0 Å². The van der Waals surface area contributed by atoms with Gasteiger partial charge in [-0.25, -0.2) is 0 Å². The van der Waals surface area contributed by atoms with Crippen molar-refractivity contribution in [1.82, 2.24) is 9.78 Å². The number of carbonyl (C=O) groups excluding carboxylic acids is 1. The lowest BCUT2D eigenvalue weighted by Crippen LogP contribution is -1.96. The summed E-state index contributed by atoms with van der Waals surface area (Å²) < 4.78 is 1.71. The third kappa shape index (κ3) is 1.05. The average Bonchev–Trinajstić information content (AvgIpc) is 2.80. The first kappa shape index (κ1) is 7.80. The first-order chi connectivity index (χ1) is 5.74. The third-order valence-corrected chi connectivity index (χ3v) is 2.52. The average molecular weight is 185 g/mol. The summed E-state index contributed by atoms with van der Waals surface area (Å²) in [5, 5.41) is 4.54. The quantitative estimate of drug-likeness (QED) is 0.657. The molecule has 1 fully saturated rings. The Hall–Kier alpha value is -0.830. The lowest BCUT2D eigenvalue weighted by Gasteiger charge is -1.97. The van der Waals surface area contributed by atoms with Gasteiger partial charge in [-0.1, -0.05) is 11.6 Å². The zero-order chi connectivity index (χ0) is 8.72. The molecular weight excluding hydrogens is 176 g/mol. The minimum atomic E-state index is 0.362. The number of rotatable bonds is 2. The SMILES string of the molecule is Cn1nc(C=O)c(Cl)c1C1CC1. The Morgan fingerprint density at radius 1 is 1.67 bits per heavy atom. The highest BCUT2D eigenvalue weighted by molar-refractivity contribution is 6.33. The number of hydrogen-bond acceptors (Lipinski definition) is 2. The molecule has 0 aromatic carbocycles. The van der Waals surface area contributed by atoms with Crippen LogP contribution in [0.1, 0.15) is 34.9 Å². The van der Waals surface area contributed by atoms with Crippen molar-refractivity contribution in [2.75, 3.05) is 0 Å². The van der Waals surface area contributed by atoms with E-state index in [0.717, 1.165) is 18.5 Å². The fourth-order valence-electron chi connectivity index (χ4n) is 1.41. The Balaban J connectivity index is 2.50. The second-order valence-corrected chi connectivity index (χ2v) is 3.48. The van der Waals surface area contributed by atoms with Crippen molar-refractivity contribution in [3.05, 3.63) is 16.4 Å². The number of carbonyl (C=O) groups is 1. The van der Waals surface area contributed by atoms with Crippen LogP contribution in [-0.2, 0) is 7.05 Å². The molecule has 0 atom stereocenters. The Kier molecular flexibility index (Phi) is 1.68. The summed E-state index contributed by atoms with van der Waals surface area (Å²) in [6.45, 7) is 0. The van der Waals surface area contributed by atoms with Gasteiger partial charge in [0.1, 0.15) is 5.69 Å².